The number of aliphatic imine (C=N–C) groups is 2. The van der Waals surface area contributed by atoms with E-state index in [1.807, 2.05) is 27.7 Å². The van der Waals surface area contributed by atoms with Crippen LogP contribution in [0.1, 0.15) is 34.1 Å². The Morgan fingerprint density at radius 2 is 1.71 bits per heavy atom. The molecule has 0 aromatic carbocycles. The molecule has 6 N–H and O–H groups in total. The molecule has 2 unspecified atom stereocenters. The van der Waals surface area contributed by atoms with Crippen LogP contribution in [0.25, 0.3) is 0 Å². The number of ketones is 1. The van der Waals surface area contributed by atoms with Crippen LogP contribution in [0.4, 0.5) is 0 Å². The molecule has 2 atom stereocenters. The molecule has 0 aromatic heterocycles. The monoisotopic (exact) mass is 241 g/mol. The number of carbonyl (C=O) groups excluding carboxylic acids is 1. The van der Waals surface area contributed by atoms with Crippen molar-refractivity contribution in [2.45, 2.75) is 40.2 Å². The number of rotatable bonds is 5. The van der Waals surface area contributed by atoms with Gasteiger partial charge in [-0.2, -0.15) is 4.99 Å². The van der Waals surface area contributed by atoms with Gasteiger partial charge >= 0.3 is 0 Å². The molecule has 0 aliphatic heterocycles. The summed E-state index contributed by atoms with van der Waals surface area (Å²) in [5.41, 5.74) is 15.9. The van der Waals surface area contributed by atoms with Crippen LogP contribution in [0.3, 0.4) is 0 Å². The third kappa shape index (κ3) is 5.33. The van der Waals surface area contributed by atoms with Gasteiger partial charge < -0.3 is 17.2 Å². The van der Waals surface area contributed by atoms with E-state index in [0.29, 0.717) is 0 Å². The van der Waals surface area contributed by atoms with Crippen molar-refractivity contribution in [3.63, 3.8) is 0 Å². The number of carbonyl (C=O) groups is 1. The van der Waals surface area contributed by atoms with E-state index < -0.39 is 6.04 Å². The number of guanidine groups is 2. The molecule has 0 saturated heterocycles. The van der Waals surface area contributed by atoms with Gasteiger partial charge in [0.1, 0.15) is 6.04 Å². The molecule has 17 heavy (non-hydrogen) atoms. The van der Waals surface area contributed by atoms with Crippen LogP contribution in [0, 0.1) is 11.8 Å². The van der Waals surface area contributed by atoms with Crippen LogP contribution in [0.5, 0.6) is 0 Å². The van der Waals surface area contributed by atoms with Gasteiger partial charge in [-0.25, -0.2) is 4.99 Å². The molecule has 6 nitrogen and oxygen atoms in total. The maximum atomic E-state index is 12.1. The minimum absolute atomic E-state index is 0.0434. The van der Waals surface area contributed by atoms with E-state index in [9.17, 15) is 4.79 Å². The zero-order valence-corrected chi connectivity index (χ0v) is 11.0. The second-order valence-electron chi connectivity index (χ2n) is 4.42. The molecule has 0 rings (SSSR count). The first-order valence-electron chi connectivity index (χ1n) is 5.76. The standard InChI is InChI=1S/C11H23N5O/c1-5-7(4)9(17)8(6(2)3)15-11(14)16-10(12)13/h6-8H,5H2,1-4H3,(H6,12,13,14,15,16). The van der Waals surface area contributed by atoms with Crippen LogP contribution >= 0.6 is 0 Å². The molecule has 0 amide bonds. The van der Waals surface area contributed by atoms with Crippen molar-refractivity contribution < 1.29 is 4.79 Å². The van der Waals surface area contributed by atoms with E-state index in [0.717, 1.165) is 6.42 Å². The highest BCUT2D eigenvalue weighted by atomic mass is 16.1. The van der Waals surface area contributed by atoms with Gasteiger partial charge in [0, 0.05) is 5.92 Å². The van der Waals surface area contributed by atoms with Gasteiger partial charge in [0.25, 0.3) is 0 Å². The molecule has 6 heteroatoms. The maximum absolute atomic E-state index is 12.1. The summed E-state index contributed by atoms with van der Waals surface area (Å²) in [4.78, 5) is 19.8. The Morgan fingerprint density at radius 1 is 1.18 bits per heavy atom. The van der Waals surface area contributed by atoms with E-state index in [1.165, 1.54) is 0 Å². The first kappa shape index (κ1) is 15.4. The van der Waals surface area contributed by atoms with Crippen molar-refractivity contribution in [1.29, 1.82) is 0 Å². The maximum Gasteiger partial charge on any atom is 0.219 e. The lowest BCUT2D eigenvalue weighted by molar-refractivity contribution is -0.124. The number of Topliss-reactive ketones (excluding diaryl/α,β-unsaturated/α-hetero) is 1. The van der Waals surface area contributed by atoms with Crippen LogP contribution in [-0.2, 0) is 4.79 Å². The zero-order valence-electron chi connectivity index (χ0n) is 11.0. The average Bonchev–Trinajstić information content (AvgIpc) is 2.22. The van der Waals surface area contributed by atoms with Gasteiger partial charge in [-0.3, -0.25) is 4.79 Å². The Balaban J connectivity index is 5.01. The molecule has 0 heterocycles. The highest BCUT2D eigenvalue weighted by Gasteiger charge is 2.25. The van der Waals surface area contributed by atoms with E-state index in [4.69, 9.17) is 17.2 Å². The molecular formula is C11H23N5O. The summed E-state index contributed by atoms with van der Waals surface area (Å²) < 4.78 is 0. The summed E-state index contributed by atoms with van der Waals surface area (Å²) >= 11 is 0. The minimum atomic E-state index is -0.493. The van der Waals surface area contributed by atoms with Crippen molar-refractivity contribution in [2.24, 2.45) is 39.0 Å². The minimum Gasteiger partial charge on any atom is -0.370 e. The van der Waals surface area contributed by atoms with E-state index in [1.54, 1.807) is 0 Å². The van der Waals surface area contributed by atoms with Crippen LogP contribution in [0.15, 0.2) is 9.98 Å². The fourth-order valence-electron chi connectivity index (χ4n) is 1.34. The fourth-order valence-corrected chi connectivity index (χ4v) is 1.34. The third-order valence-corrected chi connectivity index (χ3v) is 2.54. The lowest BCUT2D eigenvalue weighted by Crippen LogP contribution is -2.33. The van der Waals surface area contributed by atoms with Gasteiger partial charge in [-0.15, -0.1) is 0 Å². The normalized spacial score (nSPS) is 15.5. The summed E-state index contributed by atoms with van der Waals surface area (Å²) in [5.74, 6) is -0.135. The molecule has 0 bridgehead atoms. The van der Waals surface area contributed by atoms with Crippen molar-refractivity contribution in [1.82, 2.24) is 0 Å². The molecule has 0 saturated carbocycles. The van der Waals surface area contributed by atoms with Gasteiger partial charge in [0.15, 0.2) is 11.7 Å². The van der Waals surface area contributed by atoms with Crippen molar-refractivity contribution in [3.05, 3.63) is 0 Å². The van der Waals surface area contributed by atoms with Crippen molar-refractivity contribution in [2.75, 3.05) is 0 Å². The van der Waals surface area contributed by atoms with E-state index in [-0.39, 0.29) is 29.5 Å². The first-order valence-corrected chi connectivity index (χ1v) is 5.76. The number of hydrogen-bond donors (Lipinski definition) is 3. The Bertz CT molecular complexity index is 318. The lowest BCUT2D eigenvalue weighted by atomic mass is 9.91. The Morgan fingerprint density at radius 3 is 2.06 bits per heavy atom. The number of nitrogens with zero attached hydrogens (tertiary/aromatic N) is 2. The molecule has 0 spiro atoms. The lowest BCUT2D eigenvalue weighted by Gasteiger charge is -2.18. The van der Waals surface area contributed by atoms with E-state index >= 15 is 0 Å². The largest absolute Gasteiger partial charge is 0.370 e. The molecule has 0 aliphatic rings. The second-order valence-corrected chi connectivity index (χ2v) is 4.42. The molecular weight excluding hydrogens is 218 g/mol. The molecule has 0 fully saturated rings. The predicted molar refractivity (Wildman–Crippen MR) is 70.5 cm³/mol. The zero-order chi connectivity index (χ0) is 13.6. The Kier molecular flexibility index (Phi) is 6.23. The Labute approximate surface area is 102 Å². The van der Waals surface area contributed by atoms with Crippen molar-refractivity contribution in [3.8, 4) is 0 Å². The Hall–Kier alpha value is -1.59. The first-order chi connectivity index (χ1) is 7.79. The second kappa shape index (κ2) is 6.88. The highest BCUT2D eigenvalue weighted by molar-refractivity contribution is 5.95. The topological polar surface area (TPSA) is 120 Å². The van der Waals surface area contributed by atoms with Crippen molar-refractivity contribution >= 4 is 17.7 Å². The van der Waals surface area contributed by atoms with E-state index in [2.05, 4.69) is 9.98 Å². The van der Waals surface area contributed by atoms with Gasteiger partial charge in [-0.1, -0.05) is 27.7 Å². The summed E-state index contributed by atoms with van der Waals surface area (Å²) in [5, 5.41) is 0. The summed E-state index contributed by atoms with van der Waals surface area (Å²) in [6, 6.07) is -0.493. The summed E-state index contributed by atoms with van der Waals surface area (Å²) in [7, 11) is 0. The number of hydrogen-bond acceptors (Lipinski definition) is 2. The van der Waals surface area contributed by atoms with Gasteiger partial charge in [0.2, 0.25) is 5.96 Å². The smallest absolute Gasteiger partial charge is 0.219 e. The third-order valence-electron chi connectivity index (χ3n) is 2.54. The van der Waals surface area contributed by atoms with Gasteiger partial charge in [-0.05, 0) is 12.3 Å². The highest BCUT2D eigenvalue weighted by Crippen LogP contribution is 2.15. The average molecular weight is 241 g/mol. The van der Waals surface area contributed by atoms with Crippen LogP contribution in [-0.4, -0.2) is 23.7 Å². The molecule has 0 aromatic rings. The SMILES string of the molecule is CCC(C)C(=O)C(N=C(N)N=C(N)N)C(C)C. The summed E-state index contributed by atoms with van der Waals surface area (Å²) in [6.07, 6.45) is 0.778. The van der Waals surface area contributed by atoms with Crippen LogP contribution < -0.4 is 17.2 Å². The van der Waals surface area contributed by atoms with Crippen LogP contribution in [0.2, 0.25) is 0 Å². The van der Waals surface area contributed by atoms with Gasteiger partial charge in [0.05, 0.1) is 0 Å². The summed E-state index contributed by atoms with van der Waals surface area (Å²) in [6.45, 7) is 7.67. The molecule has 98 valence electrons. The molecule has 0 radical (unpaired) electrons. The molecule has 0 aliphatic carbocycles. The number of nitrogens with two attached hydrogens (primary N) is 3. The fraction of sp³-hybridized carbons (Fsp3) is 0.727. The predicted octanol–water partition coefficient (Wildman–Crippen LogP) is 0.214. The quantitative estimate of drug-likeness (QED) is 0.471.